The normalized spacial score (nSPS) is 16.5. The third-order valence-corrected chi connectivity index (χ3v) is 4.93. The van der Waals surface area contributed by atoms with Crippen molar-refractivity contribution in [1.29, 1.82) is 0 Å². The van der Waals surface area contributed by atoms with Crippen molar-refractivity contribution in [3.63, 3.8) is 0 Å². The van der Waals surface area contributed by atoms with Crippen LogP contribution >= 0.6 is 11.3 Å². The number of carbonyl (C=O) groups is 1. The second kappa shape index (κ2) is 5.85. The number of nitrogens with one attached hydrogen (secondary N) is 2. The van der Waals surface area contributed by atoms with Crippen molar-refractivity contribution in [2.24, 2.45) is 0 Å². The predicted molar refractivity (Wildman–Crippen MR) is 93.4 cm³/mol. The Morgan fingerprint density at radius 1 is 1.04 bits per heavy atom. The fraction of sp³-hybridized carbons (Fsp3) is 0.111. The van der Waals surface area contributed by atoms with Crippen molar-refractivity contribution in [1.82, 2.24) is 4.98 Å². The fourth-order valence-corrected chi connectivity index (χ4v) is 3.84. The first kappa shape index (κ1) is 14.0. The number of amides is 1. The van der Waals surface area contributed by atoms with Crippen molar-refractivity contribution in [2.45, 2.75) is 12.3 Å². The number of rotatable bonds is 3. The van der Waals surface area contributed by atoms with E-state index in [0.29, 0.717) is 12.2 Å². The summed E-state index contributed by atoms with van der Waals surface area (Å²) in [6.07, 6.45) is 0.462. The number of hydrogen-bond acceptors (Lipinski definition) is 4. The average molecular weight is 321 g/mol. The summed E-state index contributed by atoms with van der Waals surface area (Å²) >= 11 is 1.60. The van der Waals surface area contributed by atoms with E-state index < -0.39 is 0 Å². The van der Waals surface area contributed by atoms with Gasteiger partial charge in [-0.2, -0.15) is 0 Å². The molecule has 1 amide bonds. The lowest BCUT2D eigenvalue weighted by Crippen LogP contribution is -2.22. The standard InChI is InChI=1S/C18H15N3OS/c22-15-11-14(12-7-3-1-4-8-12)16-17(20-15)21-18(23-16)19-13-9-5-2-6-10-13/h1-10,14H,11H2,(H,19,21)(H,20,22)/t14-/m0/s1. The Kier molecular flexibility index (Phi) is 3.55. The van der Waals surface area contributed by atoms with Crippen LogP contribution in [-0.2, 0) is 4.79 Å². The summed E-state index contributed by atoms with van der Waals surface area (Å²) in [6, 6.07) is 20.0. The van der Waals surface area contributed by atoms with E-state index in [2.05, 4.69) is 27.8 Å². The molecule has 2 aromatic carbocycles. The van der Waals surface area contributed by atoms with Gasteiger partial charge < -0.3 is 10.6 Å². The SMILES string of the molecule is O=C1C[C@@H](c2ccccc2)c2sc(Nc3ccccc3)nc2N1. The summed E-state index contributed by atoms with van der Waals surface area (Å²) in [6.45, 7) is 0. The van der Waals surface area contributed by atoms with Gasteiger partial charge in [0, 0.05) is 18.0 Å². The topological polar surface area (TPSA) is 54.0 Å². The number of fused-ring (bicyclic) bond motifs is 1. The largest absolute Gasteiger partial charge is 0.331 e. The Labute approximate surface area is 138 Å². The van der Waals surface area contributed by atoms with Crippen LogP contribution in [0.3, 0.4) is 0 Å². The molecule has 1 aliphatic rings. The number of aromatic nitrogens is 1. The van der Waals surface area contributed by atoms with Crippen molar-refractivity contribution in [2.75, 3.05) is 10.6 Å². The minimum Gasteiger partial charge on any atom is -0.331 e. The van der Waals surface area contributed by atoms with Crippen LogP contribution < -0.4 is 10.6 Å². The van der Waals surface area contributed by atoms with E-state index in [-0.39, 0.29) is 11.8 Å². The van der Waals surface area contributed by atoms with E-state index in [1.54, 1.807) is 11.3 Å². The number of benzene rings is 2. The zero-order valence-electron chi connectivity index (χ0n) is 12.3. The van der Waals surface area contributed by atoms with Gasteiger partial charge in [-0.3, -0.25) is 4.79 Å². The van der Waals surface area contributed by atoms with Crippen LogP contribution in [0.1, 0.15) is 22.8 Å². The van der Waals surface area contributed by atoms with Gasteiger partial charge in [0.25, 0.3) is 0 Å². The van der Waals surface area contributed by atoms with Crippen molar-refractivity contribution in [3.05, 3.63) is 71.1 Å². The maximum absolute atomic E-state index is 12.0. The Morgan fingerprint density at radius 3 is 2.48 bits per heavy atom. The lowest BCUT2D eigenvalue weighted by Gasteiger charge is -2.21. The van der Waals surface area contributed by atoms with Gasteiger partial charge in [0.15, 0.2) is 5.13 Å². The lowest BCUT2D eigenvalue weighted by molar-refractivity contribution is -0.116. The van der Waals surface area contributed by atoms with Gasteiger partial charge >= 0.3 is 0 Å². The zero-order chi connectivity index (χ0) is 15.6. The van der Waals surface area contributed by atoms with E-state index in [1.165, 1.54) is 0 Å². The predicted octanol–water partition coefficient (Wildman–Crippen LogP) is 4.36. The van der Waals surface area contributed by atoms with Crippen molar-refractivity contribution in [3.8, 4) is 0 Å². The molecule has 1 aromatic heterocycles. The summed E-state index contributed by atoms with van der Waals surface area (Å²) in [4.78, 5) is 17.7. The molecule has 0 fully saturated rings. The third-order valence-electron chi connectivity index (χ3n) is 3.84. The van der Waals surface area contributed by atoms with Crippen LogP contribution in [0.15, 0.2) is 60.7 Å². The molecular weight excluding hydrogens is 306 g/mol. The molecule has 0 bridgehead atoms. The fourth-order valence-electron chi connectivity index (χ4n) is 2.77. The molecular formula is C18H15N3OS. The molecule has 4 nitrogen and oxygen atoms in total. The van der Waals surface area contributed by atoms with Gasteiger partial charge in [-0.1, -0.05) is 59.9 Å². The van der Waals surface area contributed by atoms with E-state index in [1.807, 2.05) is 48.5 Å². The van der Waals surface area contributed by atoms with Crippen LogP contribution in [0.2, 0.25) is 0 Å². The Morgan fingerprint density at radius 2 is 1.74 bits per heavy atom. The van der Waals surface area contributed by atoms with Crippen LogP contribution in [0.25, 0.3) is 0 Å². The molecule has 3 aromatic rings. The molecule has 0 unspecified atom stereocenters. The number of hydrogen-bond donors (Lipinski definition) is 2. The molecule has 0 saturated carbocycles. The molecule has 2 N–H and O–H groups in total. The minimum absolute atomic E-state index is 0.0166. The molecule has 0 spiro atoms. The molecule has 0 aliphatic carbocycles. The summed E-state index contributed by atoms with van der Waals surface area (Å²) < 4.78 is 0. The van der Waals surface area contributed by atoms with Gasteiger partial charge in [-0.05, 0) is 17.7 Å². The second-order valence-electron chi connectivity index (χ2n) is 5.44. The number of para-hydroxylation sites is 1. The molecule has 1 atom stereocenters. The van der Waals surface area contributed by atoms with Gasteiger partial charge in [0.05, 0.1) is 4.88 Å². The van der Waals surface area contributed by atoms with Crippen molar-refractivity contribution < 1.29 is 4.79 Å². The Balaban J connectivity index is 1.69. The number of thiazole rings is 1. The molecule has 23 heavy (non-hydrogen) atoms. The highest BCUT2D eigenvalue weighted by molar-refractivity contribution is 7.16. The summed E-state index contributed by atoms with van der Waals surface area (Å²) in [5.74, 6) is 0.769. The summed E-state index contributed by atoms with van der Waals surface area (Å²) in [5.41, 5.74) is 2.14. The summed E-state index contributed by atoms with van der Waals surface area (Å²) in [7, 11) is 0. The monoisotopic (exact) mass is 321 g/mol. The maximum atomic E-state index is 12.0. The van der Waals surface area contributed by atoms with Crippen molar-refractivity contribution >= 4 is 33.9 Å². The maximum Gasteiger partial charge on any atom is 0.226 e. The van der Waals surface area contributed by atoms with Crippen LogP contribution in [0, 0.1) is 0 Å². The van der Waals surface area contributed by atoms with Crippen LogP contribution in [0.5, 0.6) is 0 Å². The first-order chi connectivity index (χ1) is 11.3. The van der Waals surface area contributed by atoms with Gasteiger partial charge in [-0.15, -0.1) is 0 Å². The van der Waals surface area contributed by atoms with E-state index in [0.717, 1.165) is 21.3 Å². The first-order valence-corrected chi connectivity index (χ1v) is 8.29. The molecule has 0 radical (unpaired) electrons. The second-order valence-corrected chi connectivity index (χ2v) is 6.47. The zero-order valence-corrected chi connectivity index (χ0v) is 13.1. The van der Waals surface area contributed by atoms with Gasteiger partial charge in [0.2, 0.25) is 5.91 Å². The van der Waals surface area contributed by atoms with Crippen LogP contribution in [-0.4, -0.2) is 10.9 Å². The molecule has 1 aliphatic heterocycles. The highest BCUT2D eigenvalue weighted by Gasteiger charge is 2.30. The molecule has 5 heteroatoms. The number of nitrogens with zero attached hydrogens (tertiary/aromatic N) is 1. The highest BCUT2D eigenvalue weighted by Crippen LogP contribution is 2.42. The summed E-state index contributed by atoms with van der Waals surface area (Å²) in [5, 5.41) is 6.99. The molecule has 4 rings (SSSR count). The smallest absolute Gasteiger partial charge is 0.226 e. The van der Waals surface area contributed by atoms with E-state index >= 15 is 0 Å². The van der Waals surface area contributed by atoms with E-state index in [4.69, 9.17) is 0 Å². The third kappa shape index (κ3) is 2.83. The van der Waals surface area contributed by atoms with Gasteiger partial charge in [0.1, 0.15) is 5.82 Å². The molecule has 114 valence electrons. The Bertz CT molecular complexity index is 830. The molecule has 0 saturated heterocycles. The highest BCUT2D eigenvalue weighted by atomic mass is 32.1. The Hall–Kier alpha value is -2.66. The van der Waals surface area contributed by atoms with E-state index in [9.17, 15) is 4.79 Å². The first-order valence-electron chi connectivity index (χ1n) is 7.47. The van der Waals surface area contributed by atoms with Crippen LogP contribution in [0.4, 0.5) is 16.6 Å². The minimum atomic E-state index is 0.0166. The quantitative estimate of drug-likeness (QED) is 0.753. The van der Waals surface area contributed by atoms with Gasteiger partial charge in [-0.25, -0.2) is 4.98 Å². The average Bonchev–Trinajstić information content (AvgIpc) is 2.98. The number of carbonyl (C=O) groups excluding carboxylic acids is 1. The number of anilines is 3. The molecule has 2 heterocycles. The lowest BCUT2D eigenvalue weighted by atomic mass is 9.92.